The number of thioether (sulfide) groups is 1. The van der Waals surface area contributed by atoms with Gasteiger partial charge in [-0.25, -0.2) is 0 Å². The summed E-state index contributed by atoms with van der Waals surface area (Å²) in [5.74, 6) is 2.97. The Kier molecular flexibility index (Phi) is 11.2. The Balaban J connectivity index is 1.32. The standard InChI is InChI=1S/C58H60BN3S2/c1-13-39(56(4,5)6)27-26-38(3)60-52-44-33-35-50-53(62(42-21-15-14-16-22-42)47-23-17-18-25-49(47)63-50)54(44)64-55(52)59-45-36-41(58(10,11)12)30-34-46(45)61(48-24-19-20-37(2)51(48)59)43-31-28-40(29-32-43)57(7,8)9/h1,14-36,50,53,60H,2-12H3/b38-26+,39-27+. The molecule has 64 heavy (non-hydrogen) atoms. The van der Waals surface area contributed by atoms with E-state index in [4.69, 9.17) is 6.42 Å². The lowest BCUT2D eigenvalue weighted by molar-refractivity contribution is 0.521. The summed E-state index contributed by atoms with van der Waals surface area (Å²) in [5.41, 5.74) is 17.0. The second-order valence-corrected chi connectivity index (χ2v) is 23.0. The van der Waals surface area contributed by atoms with Gasteiger partial charge >= 0.3 is 0 Å². The van der Waals surface area contributed by atoms with Crippen LogP contribution in [0.4, 0.5) is 34.1 Å². The van der Waals surface area contributed by atoms with Crippen LogP contribution in [0, 0.1) is 24.7 Å². The van der Waals surface area contributed by atoms with Crippen molar-refractivity contribution >= 4 is 85.7 Å². The van der Waals surface area contributed by atoms with Gasteiger partial charge in [-0.15, -0.1) is 29.5 Å². The van der Waals surface area contributed by atoms with Gasteiger partial charge in [-0.2, -0.15) is 0 Å². The van der Waals surface area contributed by atoms with Crippen molar-refractivity contribution < 1.29 is 0 Å². The van der Waals surface area contributed by atoms with Gasteiger partial charge in [0.15, 0.2) is 0 Å². The highest BCUT2D eigenvalue weighted by molar-refractivity contribution is 8.00. The number of thiophene rings is 1. The number of fused-ring (bicyclic) bond motifs is 6. The molecule has 0 radical (unpaired) electrons. The highest BCUT2D eigenvalue weighted by atomic mass is 32.2. The molecule has 1 N–H and O–H groups in total. The van der Waals surface area contributed by atoms with Crippen LogP contribution in [0.15, 0.2) is 150 Å². The quantitative estimate of drug-likeness (QED) is 0.102. The van der Waals surface area contributed by atoms with Crippen molar-refractivity contribution in [2.45, 2.75) is 103 Å². The van der Waals surface area contributed by atoms with E-state index in [0.29, 0.717) is 0 Å². The van der Waals surface area contributed by atoms with Crippen LogP contribution in [0.5, 0.6) is 0 Å². The molecule has 3 aliphatic rings. The average molecular weight is 874 g/mol. The molecule has 0 saturated heterocycles. The molecule has 5 aromatic carbocycles. The molecule has 1 aliphatic carbocycles. The van der Waals surface area contributed by atoms with Gasteiger partial charge in [0.05, 0.1) is 22.7 Å². The van der Waals surface area contributed by atoms with Crippen molar-refractivity contribution in [3.8, 4) is 12.3 Å². The third kappa shape index (κ3) is 7.86. The number of allylic oxidation sites excluding steroid dienone is 4. The van der Waals surface area contributed by atoms with Crippen LogP contribution in [-0.2, 0) is 10.8 Å². The summed E-state index contributed by atoms with van der Waals surface area (Å²) in [4.78, 5) is 7.80. The molecule has 0 spiro atoms. The first-order chi connectivity index (χ1) is 30.4. The van der Waals surface area contributed by atoms with Gasteiger partial charge in [0.2, 0.25) is 0 Å². The fraction of sp³-hybridized carbons (Fsp3) is 0.276. The number of rotatable bonds is 6. The van der Waals surface area contributed by atoms with Crippen LogP contribution in [0.25, 0.3) is 6.08 Å². The van der Waals surface area contributed by atoms with Gasteiger partial charge in [-0.05, 0) is 113 Å². The molecule has 2 atom stereocenters. The molecule has 0 amide bonds. The van der Waals surface area contributed by atoms with E-state index in [1.807, 2.05) is 23.1 Å². The lowest BCUT2D eigenvalue weighted by atomic mass is 9.36. The van der Waals surface area contributed by atoms with Crippen molar-refractivity contribution in [3.63, 3.8) is 0 Å². The fourth-order valence-electron chi connectivity index (χ4n) is 9.55. The van der Waals surface area contributed by atoms with Crippen molar-refractivity contribution in [3.05, 3.63) is 172 Å². The molecule has 9 rings (SSSR count). The Morgan fingerprint density at radius 2 is 1.41 bits per heavy atom. The Morgan fingerprint density at radius 3 is 2.09 bits per heavy atom. The summed E-state index contributed by atoms with van der Waals surface area (Å²) >= 11 is 3.97. The van der Waals surface area contributed by atoms with E-state index in [1.54, 1.807) is 0 Å². The van der Waals surface area contributed by atoms with Gasteiger partial charge in [0.25, 0.3) is 6.71 Å². The average Bonchev–Trinajstić information content (AvgIpc) is 3.61. The highest BCUT2D eigenvalue weighted by Gasteiger charge is 2.45. The largest absolute Gasteiger partial charge is 0.358 e. The lowest BCUT2D eigenvalue weighted by Crippen LogP contribution is -2.58. The van der Waals surface area contributed by atoms with Crippen LogP contribution in [-0.4, -0.2) is 12.0 Å². The van der Waals surface area contributed by atoms with E-state index in [2.05, 4.69) is 237 Å². The molecular weight excluding hydrogens is 814 g/mol. The van der Waals surface area contributed by atoms with E-state index in [1.165, 1.54) is 81.9 Å². The molecule has 322 valence electrons. The molecule has 6 aromatic rings. The summed E-state index contributed by atoms with van der Waals surface area (Å²) in [6.45, 7) is 24.8. The number of nitrogens with zero attached hydrogens (tertiary/aromatic N) is 2. The second-order valence-electron chi connectivity index (χ2n) is 20.7. The highest BCUT2D eigenvalue weighted by Crippen LogP contribution is 2.56. The van der Waals surface area contributed by atoms with Gasteiger partial charge in [0.1, 0.15) is 0 Å². The third-order valence-corrected chi connectivity index (χ3v) is 15.7. The van der Waals surface area contributed by atoms with E-state index >= 15 is 0 Å². The summed E-state index contributed by atoms with van der Waals surface area (Å²) in [7, 11) is 0. The monoisotopic (exact) mass is 873 g/mol. The number of aryl methyl sites for hydroxylation is 1. The summed E-state index contributed by atoms with van der Waals surface area (Å²) in [6.07, 6.45) is 15.2. The molecule has 3 heterocycles. The number of benzene rings is 5. The SMILES string of the molecule is C#C/C(=C\C=C(/C)Nc1c(B2c3cc(C(C)(C)C)ccc3N(c3ccc(C(C)(C)C)cc3)c3cccc(C)c32)sc2c1C=CC1Sc3ccccc3N(c3ccccc3)C21)C(C)(C)C. The zero-order chi connectivity index (χ0) is 45.3. The number of para-hydroxylation sites is 2. The predicted molar refractivity (Wildman–Crippen MR) is 282 cm³/mol. The number of hydrogen-bond acceptors (Lipinski definition) is 5. The smallest absolute Gasteiger partial charge is 0.262 e. The number of hydrogen-bond donors (Lipinski definition) is 1. The lowest BCUT2D eigenvalue weighted by Gasteiger charge is -2.43. The fourth-order valence-corrected chi connectivity index (χ4v) is 12.4. The molecular formula is C58H60BN3S2. The zero-order valence-electron chi connectivity index (χ0n) is 39.3. The zero-order valence-corrected chi connectivity index (χ0v) is 40.9. The van der Waals surface area contributed by atoms with Crippen LogP contribution >= 0.6 is 23.1 Å². The van der Waals surface area contributed by atoms with E-state index in [9.17, 15) is 0 Å². The van der Waals surface area contributed by atoms with Gasteiger partial charge < -0.3 is 15.1 Å². The molecule has 2 aliphatic heterocycles. The van der Waals surface area contributed by atoms with Crippen molar-refractivity contribution in [1.82, 2.24) is 0 Å². The summed E-state index contributed by atoms with van der Waals surface area (Å²) in [5, 5.41) is 4.29. The van der Waals surface area contributed by atoms with Crippen molar-refractivity contribution in [2.24, 2.45) is 5.41 Å². The number of anilines is 6. The van der Waals surface area contributed by atoms with Crippen LogP contribution in [0.2, 0.25) is 0 Å². The van der Waals surface area contributed by atoms with Crippen molar-refractivity contribution in [1.29, 1.82) is 0 Å². The van der Waals surface area contributed by atoms with Crippen molar-refractivity contribution in [2.75, 3.05) is 15.1 Å². The van der Waals surface area contributed by atoms with Gasteiger partial charge in [-0.3, -0.25) is 0 Å². The molecule has 2 unspecified atom stereocenters. The normalized spacial score (nSPS) is 17.2. The van der Waals surface area contributed by atoms with E-state index < -0.39 is 0 Å². The number of nitrogens with one attached hydrogen (secondary N) is 1. The van der Waals surface area contributed by atoms with Crippen LogP contribution < -0.4 is 30.8 Å². The minimum atomic E-state index is -0.136. The Morgan fingerprint density at radius 1 is 0.734 bits per heavy atom. The number of terminal acetylenes is 1. The maximum atomic E-state index is 6.09. The predicted octanol–water partition coefficient (Wildman–Crippen LogP) is 14.3. The molecule has 0 saturated carbocycles. The second kappa shape index (κ2) is 16.4. The topological polar surface area (TPSA) is 18.5 Å². The minimum Gasteiger partial charge on any atom is -0.358 e. The molecule has 1 aromatic heterocycles. The van der Waals surface area contributed by atoms with Crippen LogP contribution in [0.1, 0.15) is 102 Å². The molecule has 0 bridgehead atoms. The Labute approximate surface area is 391 Å². The summed E-state index contributed by atoms with van der Waals surface area (Å²) in [6, 6.07) is 43.4. The maximum Gasteiger partial charge on any atom is 0.262 e. The van der Waals surface area contributed by atoms with Gasteiger partial charge in [-0.1, -0.05) is 153 Å². The first-order valence-electron chi connectivity index (χ1n) is 22.7. The molecule has 3 nitrogen and oxygen atoms in total. The third-order valence-electron chi connectivity index (χ3n) is 13.0. The first kappa shape index (κ1) is 43.6. The molecule has 0 fully saturated rings. The minimum absolute atomic E-state index is 0.0450. The van der Waals surface area contributed by atoms with Gasteiger partial charge in [0, 0.05) is 54.1 Å². The maximum absolute atomic E-state index is 6.09. The first-order valence-corrected chi connectivity index (χ1v) is 24.4. The Bertz CT molecular complexity index is 2890. The summed E-state index contributed by atoms with van der Waals surface area (Å²) < 4.78 is 1.32. The van der Waals surface area contributed by atoms with E-state index in [0.717, 1.165) is 11.3 Å². The Hall–Kier alpha value is -5.61. The molecule has 6 heteroatoms. The van der Waals surface area contributed by atoms with E-state index in [-0.39, 0.29) is 34.2 Å². The van der Waals surface area contributed by atoms with Crippen LogP contribution in [0.3, 0.4) is 0 Å².